The summed E-state index contributed by atoms with van der Waals surface area (Å²) in [5, 5.41) is 2.69. The van der Waals surface area contributed by atoms with Crippen molar-refractivity contribution in [3.8, 4) is 0 Å². The molecule has 0 heterocycles. The minimum absolute atomic E-state index is 0.0873. The molecular formula is C11H12BrF2N. The van der Waals surface area contributed by atoms with Crippen molar-refractivity contribution in [3.63, 3.8) is 0 Å². The third-order valence-electron chi connectivity index (χ3n) is 1.80. The number of anilines is 1. The molecule has 0 spiro atoms. The van der Waals surface area contributed by atoms with Gasteiger partial charge in [-0.25, -0.2) is 8.78 Å². The standard InChI is InChI=1S/C11H12BrF2N/c1-7(2)3-4-15-11-9(13)5-8(12)6-10(11)14/h3,5-6,15H,4H2,1-2H3. The minimum Gasteiger partial charge on any atom is -0.377 e. The number of hydrogen-bond donors (Lipinski definition) is 1. The van der Waals surface area contributed by atoms with E-state index in [4.69, 9.17) is 0 Å². The second-order valence-electron chi connectivity index (χ2n) is 3.41. The zero-order valence-electron chi connectivity index (χ0n) is 8.57. The lowest BCUT2D eigenvalue weighted by atomic mass is 10.2. The number of hydrogen-bond acceptors (Lipinski definition) is 1. The van der Waals surface area contributed by atoms with Gasteiger partial charge >= 0.3 is 0 Å². The van der Waals surface area contributed by atoms with Crippen LogP contribution in [0, 0.1) is 11.6 Å². The molecule has 0 amide bonds. The summed E-state index contributed by atoms with van der Waals surface area (Å²) in [7, 11) is 0. The molecule has 0 radical (unpaired) electrons. The van der Waals surface area contributed by atoms with Gasteiger partial charge in [0.15, 0.2) is 0 Å². The van der Waals surface area contributed by atoms with Crippen LogP contribution in [0.2, 0.25) is 0 Å². The molecule has 1 aromatic rings. The van der Waals surface area contributed by atoms with E-state index in [0.29, 0.717) is 11.0 Å². The monoisotopic (exact) mass is 275 g/mol. The third kappa shape index (κ3) is 3.63. The summed E-state index contributed by atoms with van der Waals surface area (Å²) >= 11 is 3.02. The van der Waals surface area contributed by atoms with Crippen LogP contribution < -0.4 is 5.32 Å². The van der Waals surface area contributed by atoms with Crippen molar-refractivity contribution in [2.45, 2.75) is 13.8 Å². The van der Waals surface area contributed by atoms with Crippen LogP contribution in [-0.4, -0.2) is 6.54 Å². The van der Waals surface area contributed by atoms with Crippen molar-refractivity contribution in [2.24, 2.45) is 0 Å². The molecule has 0 saturated carbocycles. The molecular weight excluding hydrogens is 264 g/mol. The zero-order chi connectivity index (χ0) is 11.4. The molecule has 0 atom stereocenters. The van der Waals surface area contributed by atoms with Gasteiger partial charge in [-0.2, -0.15) is 0 Å². The first-order valence-electron chi connectivity index (χ1n) is 4.52. The molecule has 1 aromatic carbocycles. The molecule has 0 bridgehead atoms. The van der Waals surface area contributed by atoms with Gasteiger partial charge in [-0.1, -0.05) is 27.6 Å². The van der Waals surface area contributed by atoms with Crippen LogP contribution in [-0.2, 0) is 0 Å². The Morgan fingerprint density at radius 2 is 1.87 bits per heavy atom. The highest BCUT2D eigenvalue weighted by Gasteiger charge is 2.08. The first-order chi connectivity index (χ1) is 7.00. The van der Waals surface area contributed by atoms with Gasteiger partial charge in [0.2, 0.25) is 0 Å². The Kier molecular flexibility index (Phi) is 4.27. The lowest BCUT2D eigenvalue weighted by molar-refractivity contribution is 0.587. The topological polar surface area (TPSA) is 12.0 Å². The van der Waals surface area contributed by atoms with Crippen molar-refractivity contribution in [1.29, 1.82) is 0 Å². The number of allylic oxidation sites excluding steroid dienone is 1. The van der Waals surface area contributed by atoms with E-state index in [2.05, 4.69) is 21.2 Å². The third-order valence-corrected chi connectivity index (χ3v) is 2.25. The van der Waals surface area contributed by atoms with E-state index in [1.54, 1.807) is 0 Å². The Morgan fingerprint density at radius 1 is 1.33 bits per heavy atom. The molecule has 0 aliphatic carbocycles. The Hall–Kier alpha value is -0.900. The molecule has 0 aromatic heterocycles. The lowest BCUT2D eigenvalue weighted by Gasteiger charge is -2.07. The van der Waals surface area contributed by atoms with Crippen molar-refractivity contribution in [1.82, 2.24) is 0 Å². The molecule has 1 rings (SSSR count). The van der Waals surface area contributed by atoms with Crippen molar-refractivity contribution in [2.75, 3.05) is 11.9 Å². The van der Waals surface area contributed by atoms with Crippen LogP contribution in [0.5, 0.6) is 0 Å². The summed E-state index contributed by atoms with van der Waals surface area (Å²) in [5.74, 6) is -1.19. The normalized spacial score (nSPS) is 9.93. The molecule has 0 aliphatic heterocycles. The van der Waals surface area contributed by atoms with Crippen LogP contribution in [0.25, 0.3) is 0 Å². The zero-order valence-corrected chi connectivity index (χ0v) is 10.2. The second kappa shape index (κ2) is 5.26. The number of halogens is 3. The number of rotatable bonds is 3. The maximum Gasteiger partial charge on any atom is 0.150 e. The maximum atomic E-state index is 13.3. The second-order valence-corrected chi connectivity index (χ2v) is 4.32. The Balaban J connectivity index is 2.81. The first kappa shape index (κ1) is 12.2. The Labute approximate surface area is 96.3 Å². The maximum absolute atomic E-state index is 13.3. The van der Waals surface area contributed by atoms with E-state index in [1.807, 2.05) is 19.9 Å². The Bertz CT molecular complexity index is 361. The van der Waals surface area contributed by atoms with Gasteiger partial charge in [0.1, 0.15) is 17.3 Å². The molecule has 15 heavy (non-hydrogen) atoms. The summed E-state index contributed by atoms with van der Waals surface area (Å²) in [6.45, 7) is 4.27. The summed E-state index contributed by atoms with van der Waals surface area (Å²) < 4.78 is 27.0. The summed E-state index contributed by atoms with van der Waals surface area (Å²) in [5.41, 5.74) is 1.01. The largest absolute Gasteiger partial charge is 0.377 e. The van der Waals surface area contributed by atoms with Gasteiger partial charge in [0.05, 0.1) is 0 Å². The smallest absolute Gasteiger partial charge is 0.150 e. The molecule has 0 fully saturated rings. The van der Waals surface area contributed by atoms with Gasteiger partial charge in [0.25, 0.3) is 0 Å². The fourth-order valence-corrected chi connectivity index (χ4v) is 1.47. The predicted octanol–water partition coefficient (Wildman–Crippen LogP) is 4.11. The molecule has 82 valence electrons. The average Bonchev–Trinajstić information content (AvgIpc) is 2.08. The first-order valence-corrected chi connectivity index (χ1v) is 5.32. The van der Waals surface area contributed by atoms with Gasteiger partial charge in [-0.15, -0.1) is 0 Å². The molecule has 4 heteroatoms. The number of benzene rings is 1. The SMILES string of the molecule is CC(C)=CCNc1c(F)cc(Br)cc1F. The van der Waals surface area contributed by atoms with E-state index in [9.17, 15) is 8.78 Å². The molecule has 0 aliphatic rings. The van der Waals surface area contributed by atoms with Crippen LogP contribution in [0.15, 0.2) is 28.3 Å². The van der Waals surface area contributed by atoms with Gasteiger partial charge in [-0.3, -0.25) is 0 Å². The summed E-state index contributed by atoms with van der Waals surface area (Å²) in [6.07, 6.45) is 1.86. The molecule has 0 unspecified atom stereocenters. The van der Waals surface area contributed by atoms with Crippen LogP contribution in [0.4, 0.5) is 14.5 Å². The summed E-state index contributed by atoms with van der Waals surface area (Å²) in [4.78, 5) is 0. The van der Waals surface area contributed by atoms with Crippen molar-refractivity contribution < 1.29 is 8.78 Å². The van der Waals surface area contributed by atoms with Crippen LogP contribution >= 0.6 is 15.9 Å². The number of nitrogens with one attached hydrogen (secondary N) is 1. The van der Waals surface area contributed by atoms with Gasteiger partial charge in [-0.05, 0) is 26.0 Å². The van der Waals surface area contributed by atoms with E-state index in [-0.39, 0.29) is 5.69 Å². The van der Waals surface area contributed by atoms with E-state index in [0.717, 1.165) is 5.57 Å². The predicted molar refractivity (Wildman–Crippen MR) is 62.0 cm³/mol. The highest BCUT2D eigenvalue weighted by molar-refractivity contribution is 9.10. The van der Waals surface area contributed by atoms with E-state index >= 15 is 0 Å². The fraction of sp³-hybridized carbons (Fsp3) is 0.273. The lowest BCUT2D eigenvalue weighted by Crippen LogP contribution is -2.03. The molecule has 1 N–H and O–H groups in total. The van der Waals surface area contributed by atoms with Crippen LogP contribution in [0.3, 0.4) is 0 Å². The van der Waals surface area contributed by atoms with E-state index < -0.39 is 11.6 Å². The highest BCUT2D eigenvalue weighted by Crippen LogP contribution is 2.23. The highest BCUT2D eigenvalue weighted by atomic mass is 79.9. The van der Waals surface area contributed by atoms with Gasteiger partial charge in [0, 0.05) is 11.0 Å². The van der Waals surface area contributed by atoms with Gasteiger partial charge < -0.3 is 5.32 Å². The quantitative estimate of drug-likeness (QED) is 0.819. The fourth-order valence-electron chi connectivity index (χ4n) is 1.07. The van der Waals surface area contributed by atoms with Crippen molar-refractivity contribution in [3.05, 3.63) is 39.9 Å². The average molecular weight is 276 g/mol. The molecule has 1 nitrogen and oxygen atoms in total. The summed E-state index contributed by atoms with van der Waals surface area (Å²) in [6, 6.07) is 2.46. The molecule has 0 saturated heterocycles. The Morgan fingerprint density at radius 3 is 2.33 bits per heavy atom. The van der Waals surface area contributed by atoms with E-state index in [1.165, 1.54) is 12.1 Å². The minimum atomic E-state index is -0.593. The van der Waals surface area contributed by atoms with Crippen LogP contribution in [0.1, 0.15) is 13.8 Å². The van der Waals surface area contributed by atoms with Crippen molar-refractivity contribution >= 4 is 21.6 Å².